The third kappa shape index (κ3) is 6.60. The standard InChI is InChI=1S/C17H33N5O/c1-13-11-14(2)22(21-13)10-8-9-19-16(18-6)20-12-15(23-7)17(3,4)5/h11,15H,8-10,12H2,1-7H3,(H2,18,19,20). The third-order valence-electron chi connectivity index (χ3n) is 3.87. The van der Waals surface area contributed by atoms with E-state index in [1.807, 2.05) is 11.6 Å². The lowest BCUT2D eigenvalue weighted by Crippen LogP contribution is -2.45. The van der Waals surface area contributed by atoms with Crippen LogP contribution in [0.25, 0.3) is 0 Å². The second-order valence-corrected chi connectivity index (χ2v) is 6.97. The minimum absolute atomic E-state index is 0.0933. The van der Waals surface area contributed by atoms with Crippen LogP contribution in [0, 0.1) is 19.3 Å². The number of rotatable bonds is 7. The Morgan fingerprint density at radius 1 is 1.35 bits per heavy atom. The number of aryl methyl sites for hydroxylation is 3. The Hall–Kier alpha value is -1.56. The second kappa shape index (κ2) is 8.91. The molecule has 0 aromatic carbocycles. The third-order valence-corrected chi connectivity index (χ3v) is 3.87. The normalized spacial score (nSPS) is 14.0. The molecule has 0 saturated carbocycles. The molecule has 0 aliphatic heterocycles. The van der Waals surface area contributed by atoms with Crippen molar-refractivity contribution < 1.29 is 4.74 Å². The number of aromatic nitrogens is 2. The van der Waals surface area contributed by atoms with Crippen molar-refractivity contribution in [3.63, 3.8) is 0 Å². The first kappa shape index (κ1) is 19.5. The lowest BCUT2D eigenvalue weighted by molar-refractivity contribution is 0.0205. The van der Waals surface area contributed by atoms with E-state index in [0.717, 1.165) is 37.7 Å². The van der Waals surface area contributed by atoms with Crippen LogP contribution in [-0.2, 0) is 11.3 Å². The highest BCUT2D eigenvalue weighted by Crippen LogP contribution is 2.20. The van der Waals surface area contributed by atoms with Crippen LogP contribution >= 0.6 is 0 Å². The summed E-state index contributed by atoms with van der Waals surface area (Å²) in [7, 11) is 3.54. The van der Waals surface area contributed by atoms with Gasteiger partial charge in [-0.05, 0) is 31.7 Å². The zero-order valence-corrected chi connectivity index (χ0v) is 15.7. The molecular weight excluding hydrogens is 290 g/mol. The van der Waals surface area contributed by atoms with Gasteiger partial charge in [-0.2, -0.15) is 5.10 Å². The molecule has 1 aromatic heterocycles. The molecule has 0 spiro atoms. The van der Waals surface area contributed by atoms with Crippen LogP contribution in [0.5, 0.6) is 0 Å². The Morgan fingerprint density at radius 2 is 2.04 bits per heavy atom. The summed E-state index contributed by atoms with van der Waals surface area (Å²) in [6, 6.07) is 2.10. The maximum Gasteiger partial charge on any atom is 0.191 e. The highest BCUT2D eigenvalue weighted by Gasteiger charge is 2.24. The van der Waals surface area contributed by atoms with Crippen LogP contribution in [0.3, 0.4) is 0 Å². The predicted molar refractivity (Wildman–Crippen MR) is 95.9 cm³/mol. The number of ether oxygens (including phenoxy) is 1. The highest BCUT2D eigenvalue weighted by atomic mass is 16.5. The van der Waals surface area contributed by atoms with E-state index in [4.69, 9.17) is 4.74 Å². The molecule has 1 aromatic rings. The van der Waals surface area contributed by atoms with Crippen LogP contribution in [0.1, 0.15) is 38.6 Å². The number of nitrogens with zero attached hydrogens (tertiary/aromatic N) is 3. The minimum Gasteiger partial charge on any atom is -0.379 e. The van der Waals surface area contributed by atoms with E-state index < -0.39 is 0 Å². The average molecular weight is 323 g/mol. The van der Waals surface area contributed by atoms with Gasteiger partial charge < -0.3 is 15.4 Å². The Kier molecular flexibility index (Phi) is 7.55. The van der Waals surface area contributed by atoms with Crippen molar-refractivity contribution >= 4 is 5.96 Å². The van der Waals surface area contributed by atoms with Gasteiger partial charge >= 0.3 is 0 Å². The van der Waals surface area contributed by atoms with Crippen molar-refractivity contribution in [3.05, 3.63) is 17.5 Å². The summed E-state index contributed by atoms with van der Waals surface area (Å²) in [6.45, 7) is 13.1. The summed E-state index contributed by atoms with van der Waals surface area (Å²) in [6.07, 6.45) is 1.13. The van der Waals surface area contributed by atoms with Gasteiger partial charge in [-0.3, -0.25) is 9.67 Å². The van der Waals surface area contributed by atoms with Crippen LogP contribution in [0.4, 0.5) is 0 Å². The number of aliphatic imine (C=N–C) groups is 1. The molecule has 1 atom stereocenters. The van der Waals surface area contributed by atoms with Gasteiger partial charge in [0.25, 0.3) is 0 Å². The fraction of sp³-hybridized carbons (Fsp3) is 0.765. The zero-order valence-electron chi connectivity index (χ0n) is 15.7. The molecule has 0 aliphatic carbocycles. The summed E-state index contributed by atoms with van der Waals surface area (Å²) < 4.78 is 7.60. The average Bonchev–Trinajstić information content (AvgIpc) is 2.78. The van der Waals surface area contributed by atoms with Crippen LogP contribution in [0.2, 0.25) is 0 Å². The molecule has 2 N–H and O–H groups in total. The minimum atomic E-state index is 0.0933. The van der Waals surface area contributed by atoms with E-state index in [9.17, 15) is 0 Å². The largest absolute Gasteiger partial charge is 0.379 e. The quantitative estimate of drug-likeness (QED) is 0.458. The maximum atomic E-state index is 5.55. The van der Waals surface area contributed by atoms with Crippen LogP contribution in [0.15, 0.2) is 11.1 Å². The molecule has 0 saturated heterocycles. The molecule has 132 valence electrons. The smallest absolute Gasteiger partial charge is 0.191 e. The van der Waals surface area contributed by atoms with Crippen LogP contribution < -0.4 is 10.6 Å². The molecule has 0 radical (unpaired) electrons. The first-order valence-electron chi connectivity index (χ1n) is 8.26. The Balaban J connectivity index is 2.33. The SMILES string of the molecule is CN=C(NCCCn1nc(C)cc1C)NCC(OC)C(C)(C)C. The van der Waals surface area contributed by atoms with Gasteiger partial charge in [0.15, 0.2) is 5.96 Å². The van der Waals surface area contributed by atoms with Crippen molar-refractivity contribution in [2.24, 2.45) is 10.4 Å². The number of guanidine groups is 1. The lowest BCUT2D eigenvalue weighted by atomic mass is 9.89. The zero-order chi connectivity index (χ0) is 17.5. The molecule has 6 heteroatoms. The van der Waals surface area contributed by atoms with Crippen molar-refractivity contribution in [1.82, 2.24) is 20.4 Å². The van der Waals surface area contributed by atoms with E-state index in [2.05, 4.69) is 54.5 Å². The second-order valence-electron chi connectivity index (χ2n) is 6.97. The lowest BCUT2D eigenvalue weighted by Gasteiger charge is -2.30. The number of hydrogen-bond donors (Lipinski definition) is 2. The van der Waals surface area contributed by atoms with Crippen LogP contribution in [-0.4, -0.2) is 49.1 Å². The van der Waals surface area contributed by atoms with E-state index in [1.54, 1.807) is 14.2 Å². The number of hydrogen-bond acceptors (Lipinski definition) is 3. The fourth-order valence-electron chi connectivity index (χ4n) is 2.49. The summed E-state index contributed by atoms with van der Waals surface area (Å²) in [4.78, 5) is 4.26. The molecule has 0 amide bonds. The van der Waals surface area contributed by atoms with Gasteiger partial charge in [-0.25, -0.2) is 0 Å². The molecule has 1 rings (SSSR count). The molecule has 6 nitrogen and oxygen atoms in total. The van der Waals surface area contributed by atoms with E-state index in [0.29, 0.717) is 0 Å². The van der Waals surface area contributed by atoms with Gasteiger partial charge in [0.2, 0.25) is 0 Å². The topological polar surface area (TPSA) is 63.5 Å². The van der Waals surface area contributed by atoms with Crippen molar-refractivity contribution in [3.8, 4) is 0 Å². The fourth-order valence-corrected chi connectivity index (χ4v) is 2.49. The summed E-state index contributed by atoms with van der Waals surface area (Å²) in [5.41, 5.74) is 2.37. The van der Waals surface area contributed by atoms with Gasteiger partial charge in [0.05, 0.1) is 11.8 Å². The van der Waals surface area contributed by atoms with Gasteiger partial charge in [0, 0.05) is 39.5 Å². The Bertz CT molecular complexity index is 502. The molecule has 0 aliphatic rings. The highest BCUT2D eigenvalue weighted by molar-refractivity contribution is 5.79. The van der Waals surface area contributed by atoms with E-state index in [1.165, 1.54) is 5.69 Å². The first-order valence-corrected chi connectivity index (χ1v) is 8.26. The molecular formula is C17H33N5O. The van der Waals surface area contributed by atoms with E-state index >= 15 is 0 Å². The summed E-state index contributed by atoms with van der Waals surface area (Å²) in [5, 5.41) is 11.1. The van der Waals surface area contributed by atoms with Gasteiger partial charge in [0.1, 0.15) is 0 Å². The molecule has 0 fully saturated rings. The van der Waals surface area contributed by atoms with Crippen molar-refractivity contribution in [2.75, 3.05) is 27.2 Å². The number of methoxy groups -OCH3 is 1. The molecule has 23 heavy (non-hydrogen) atoms. The first-order chi connectivity index (χ1) is 10.8. The Morgan fingerprint density at radius 3 is 2.52 bits per heavy atom. The summed E-state index contributed by atoms with van der Waals surface area (Å²) in [5.74, 6) is 0.810. The molecule has 1 unspecified atom stereocenters. The summed E-state index contributed by atoms with van der Waals surface area (Å²) >= 11 is 0. The molecule has 1 heterocycles. The van der Waals surface area contributed by atoms with Gasteiger partial charge in [-0.15, -0.1) is 0 Å². The van der Waals surface area contributed by atoms with Gasteiger partial charge in [-0.1, -0.05) is 20.8 Å². The monoisotopic (exact) mass is 323 g/mol. The van der Waals surface area contributed by atoms with E-state index in [-0.39, 0.29) is 11.5 Å². The Labute approximate surface area is 140 Å². The molecule has 0 bridgehead atoms. The maximum absolute atomic E-state index is 5.55. The van der Waals surface area contributed by atoms with Crippen molar-refractivity contribution in [1.29, 1.82) is 0 Å². The number of nitrogens with one attached hydrogen (secondary N) is 2. The predicted octanol–water partition coefficient (Wildman–Crippen LogP) is 2.12. The van der Waals surface area contributed by atoms with Crippen molar-refractivity contribution in [2.45, 2.75) is 53.7 Å².